The molecule has 3 N–H and O–H groups in total. The number of hydrogen-bond donors (Lipinski definition) is 2. The van der Waals surface area contributed by atoms with E-state index in [1.165, 1.54) is 27.9 Å². The number of benzene rings is 8. The lowest BCUT2D eigenvalue weighted by atomic mass is 9.84. The molecule has 1 aliphatic rings. The van der Waals surface area contributed by atoms with Crippen LogP contribution < -0.4 is 15.8 Å². The fourth-order valence-corrected chi connectivity index (χ4v) is 7.56. The van der Waals surface area contributed by atoms with E-state index in [1.807, 2.05) is 30.3 Å². The van der Waals surface area contributed by atoms with Crippen molar-refractivity contribution in [3.05, 3.63) is 192 Å². The molecular weight excluding hydrogens is 637 g/mol. The Balaban J connectivity index is 1.15. The van der Waals surface area contributed by atoms with Crippen molar-refractivity contribution < 1.29 is 4.74 Å². The Kier molecular flexibility index (Phi) is 7.74. The van der Waals surface area contributed by atoms with Gasteiger partial charge in [-0.1, -0.05) is 152 Å². The van der Waals surface area contributed by atoms with Gasteiger partial charge < -0.3 is 15.8 Å². The highest BCUT2D eigenvalue weighted by Crippen LogP contribution is 2.44. The molecule has 1 aliphatic heterocycles. The van der Waals surface area contributed by atoms with Crippen molar-refractivity contribution in [2.45, 2.75) is 18.7 Å². The standard InChI is InChI=1S/C47H36N4O/c1-47(37-18-3-2-4-19-37,38-20-10-17-36(29-38)46-50-42-27-26-32-13-6-8-22-41(32)44(42)52-46)51-45(49-30-48)35-16-9-15-34(28-35)40-23-11-14-33-25-24-31-12-5-7-21-39(31)43(33)40/h2-30,46,50H,1H3,(H2,48,49,51). The fourth-order valence-electron chi connectivity index (χ4n) is 7.56. The quantitative estimate of drug-likeness (QED) is 0.105. The molecule has 52 heavy (non-hydrogen) atoms. The summed E-state index contributed by atoms with van der Waals surface area (Å²) >= 11 is 0. The van der Waals surface area contributed by atoms with Crippen LogP contribution in [0.15, 0.2) is 180 Å². The van der Waals surface area contributed by atoms with Crippen LogP contribution in [0.3, 0.4) is 0 Å². The molecule has 0 saturated heterocycles. The van der Waals surface area contributed by atoms with Gasteiger partial charge in [-0.05, 0) is 74.3 Å². The molecular formula is C47H36N4O. The Bertz CT molecular complexity index is 2680. The first-order chi connectivity index (χ1) is 25.6. The Morgan fingerprint density at radius 1 is 0.654 bits per heavy atom. The third-order valence-electron chi connectivity index (χ3n) is 10.2. The van der Waals surface area contributed by atoms with Crippen molar-refractivity contribution in [1.82, 2.24) is 0 Å². The second-order valence-electron chi connectivity index (χ2n) is 13.4. The van der Waals surface area contributed by atoms with E-state index in [-0.39, 0.29) is 6.23 Å². The Labute approximate surface area is 302 Å². The van der Waals surface area contributed by atoms with Gasteiger partial charge in [0.05, 0.1) is 12.0 Å². The molecule has 0 aliphatic carbocycles. The minimum Gasteiger partial charge on any atom is -0.464 e. The number of nitrogens with two attached hydrogens (primary N) is 1. The number of aliphatic imine (C=N–C) groups is 2. The topological polar surface area (TPSA) is 72.0 Å². The number of ether oxygens (including phenoxy) is 1. The molecule has 0 amide bonds. The van der Waals surface area contributed by atoms with E-state index >= 15 is 0 Å². The number of nitrogens with zero attached hydrogens (tertiary/aromatic N) is 2. The van der Waals surface area contributed by atoms with Crippen molar-refractivity contribution >= 4 is 50.2 Å². The van der Waals surface area contributed by atoms with E-state index in [2.05, 4.69) is 152 Å². The van der Waals surface area contributed by atoms with E-state index < -0.39 is 5.54 Å². The third kappa shape index (κ3) is 5.44. The van der Waals surface area contributed by atoms with Crippen molar-refractivity contribution in [2.24, 2.45) is 15.7 Å². The number of amidine groups is 1. The van der Waals surface area contributed by atoms with Gasteiger partial charge in [0, 0.05) is 16.5 Å². The van der Waals surface area contributed by atoms with E-state index in [4.69, 9.17) is 20.5 Å². The van der Waals surface area contributed by atoms with E-state index in [0.717, 1.165) is 55.6 Å². The highest BCUT2D eigenvalue weighted by Gasteiger charge is 2.32. The number of rotatable bonds is 6. The molecule has 5 nitrogen and oxygen atoms in total. The Hall–Kier alpha value is -6.72. The second-order valence-corrected chi connectivity index (χ2v) is 13.4. The first-order valence-electron chi connectivity index (χ1n) is 17.6. The van der Waals surface area contributed by atoms with Crippen LogP contribution in [0.25, 0.3) is 43.4 Å². The number of anilines is 1. The number of fused-ring (bicyclic) bond motifs is 6. The molecule has 0 spiro atoms. The fraction of sp³-hybridized carbons (Fsp3) is 0.0638. The van der Waals surface area contributed by atoms with Gasteiger partial charge in [0.15, 0.2) is 17.8 Å². The zero-order chi connectivity index (χ0) is 35.1. The Morgan fingerprint density at radius 3 is 2.17 bits per heavy atom. The molecule has 0 aromatic heterocycles. The maximum Gasteiger partial charge on any atom is 0.196 e. The SMILES string of the molecule is CC(/N=C(\N=C/N)c1cccc(-c2cccc3ccc4ccccc4c23)c1)(c1ccccc1)c1cccc(C2Nc3ccc4ccccc4c3O2)c1. The minimum atomic E-state index is -0.817. The van der Waals surface area contributed by atoms with Gasteiger partial charge in [-0.3, -0.25) is 0 Å². The van der Waals surface area contributed by atoms with Crippen molar-refractivity contribution in [3.8, 4) is 16.9 Å². The minimum absolute atomic E-state index is 0.347. The molecule has 2 unspecified atom stereocenters. The van der Waals surface area contributed by atoms with Gasteiger partial charge in [0.1, 0.15) is 5.54 Å². The van der Waals surface area contributed by atoms with Crippen LogP contribution in [0, 0.1) is 0 Å². The van der Waals surface area contributed by atoms with E-state index in [1.54, 1.807) is 0 Å². The molecule has 250 valence electrons. The van der Waals surface area contributed by atoms with Gasteiger partial charge in [0.2, 0.25) is 0 Å². The van der Waals surface area contributed by atoms with Gasteiger partial charge >= 0.3 is 0 Å². The Morgan fingerprint density at radius 2 is 1.33 bits per heavy atom. The predicted molar refractivity (Wildman–Crippen MR) is 216 cm³/mol. The molecule has 8 aromatic rings. The summed E-state index contributed by atoms with van der Waals surface area (Å²) in [6.07, 6.45) is 0.983. The van der Waals surface area contributed by atoms with Crippen molar-refractivity contribution in [3.63, 3.8) is 0 Å². The summed E-state index contributed by atoms with van der Waals surface area (Å²) in [7, 11) is 0. The number of nitrogens with one attached hydrogen (secondary N) is 1. The monoisotopic (exact) mass is 672 g/mol. The van der Waals surface area contributed by atoms with Crippen LogP contribution >= 0.6 is 0 Å². The van der Waals surface area contributed by atoms with Crippen LogP contribution in [0.1, 0.15) is 35.4 Å². The van der Waals surface area contributed by atoms with E-state index in [9.17, 15) is 0 Å². The van der Waals surface area contributed by atoms with Crippen LogP contribution in [-0.4, -0.2) is 12.2 Å². The summed E-state index contributed by atoms with van der Waals surface area (Å²) < 4.78 is 6.59. The highest BCUT2D eigenvalue weighted by atomic mass is 16.5. The maximum absolute atomic E-state index is 6.59. The number of hydrogen-bond acceptors (Lipinski definition) is 3. The summed E-state index contributed by atoms with van der Waals surface area (Å²) in [6.45, 7) is 2.14. The second kappa shape index (κ2) is 12.9. The van der Waals surface area contributed by atoms with E-state index in [0.29, 0.717) is 5.84 Å². The third-order valence-corrected chi connectivity index (χ3v) is 10.2. The lowest BCUT2D eigenvalue weighted by Gasteiger charge is -2.28. The normalized spacial score (nSPS) is 15.4. The molecule has 0 bridgehead atoms. The van der Waals surface area contributed by atoms with Crippen molar-refractivity contribution in [2.75, 3.05) is 5.32 Å². The van der Waals surface area contributed by atoms with Crippen LogP contribution in [0.2, 0.25) is 0 Å². The molecule has 0 saturated carbocycles. The lowest BCUT2D eigenvalue weighted by Crippen LogP contribution is -2.24. The molecule has 5 heteroatoms. The first kappa shape index (κ1) is 31.3. The zero-order valence-electron chi connectivity index (χ0n) is 28.7. The molecule has 2 atom stereocenters. The largest absolute Gasteiger partial charge is 0.464 e. The van der Waals surface area contributed by atoms with Gasteiger partial charge in [-0.25, -0.2) is 9.98 Å². The molecule has 0 radical (unpaired) electrons. The summed E-state index contributed by atoms with van der Waals surface area (Å²) in [5, 5.41) is 10.7. The summed E-state index contributed by atoms with van der Waals surface area (Å²) in [6, 6.07) is 59.2. The first-order valence-corrected chi connectivity index (χ1v) is 17.6. The van der Waals surface area contributed by atoms with Gasteiger partial charge in [-0.2, -0.15) is 0 Å². The molecule has 9 rings (SSSR count). The summed E-state index contributed by atoms with van der Waals surface area (Å²) in [4.78, 5) is 10.2. The van der Waals surface area contributed by atoms with Gasteiger partial charge in [-0.15, -0.1) is 0 Å². The lowest BCUT2D eigenvalue weighted by molar-refractivity contribution is 0.262. The summed E-state index contributed by atoms with van der Waals surface area (Å²) in [5.41, 5.74) is 12.4. The van der Waals surface area contributed by atoms with Crippen LogP contribution in [0.5, 0.6) is 5.75 Å². The van der Waals surface area contributed by atoms with Crippen LogP contribution in [-0.2, 0) is 5.54 Å². The smallest absolute Gasteiger partial charge is 0.196 e. The average Bonchev–Trinajstić information content (AvgIpc) is 3.66. The molecule has 1 heterocycles. The molecule has 8 aromatic carbocycles. The van der Waals surface area contributed by atoms with Gasteiger partial charge in [0.25, 0.3) is 0 Å². The maximum atomic E-state index is 6.59. The molecule has 0 fully saturated rings. The van der Waals surface area contributed by atoms with Crippen LogP contribution in [0.4, 0.5) is 5.69 Å². The summed E-state index contributed by atoms with van der Waals surface area (Å²) in [5.74, 6) is 1.41. The van der Waals surface area contributed by atoms with Crippen molar-refractivity contribution in [1.29, 1.82) is 0 Å². The average molecular weight is 673 g/mol. The zero-order valence-corrected chi connectivity index (χ0v) is 28.7. The predicted octanol–water partition coefficient (Wildman–Crippen LogP) is 11.0. The highest BCUT2D eigenvalue weighted by molar-refractivity contribution is 6.14.